The molecule has 0 aliphatic carbocycles. The van der Waals surface area contributed by atoms with E-state index in [0.717, 1.165) is 45.4 Å². The maximum atomic E-state index is 2.42. The van der Waals surface area contributed by atoms with Crippen molar-refractivity contribution in [2.24, 2.45) is 0 Å². The molecule has 202 valence electrons. The van der Waals surface area contributed by atoms with Gasteiger partial charge in [0.05, 0.1) is 6.16 Å². The number of hydrogen-bond acceptors (Lipinski definition) is 3. The Morgan fingerprint density at radius 1 is 0.405 bits per heavy atom. The van der Waals surface area contributed by atoms with Crippen molar-refractivity contribution in [2.45, 2.75) is 48.5 Å². The molecule has 3 aromatic carbocycles. The summed E-state index contributed by atoms with van der Waals surface area (Å²) in [6.45, 7) is 22.0. The predicted octanol–water partition coefficient (Wildman–Crippen LogP) is 3.54. The van der Waals surface area contributed by atoms with E-state index in [4.69, 9.17) is 0 Å². The van der Waals surface area contributed by atoms with Gasteiger partial charge in [0, 0.05) is 56.3 Å². The van der Waals surface area contributed by atoms with Crippen LogP contribution in [-0.2, 0) is 0 Å². The third kappa shape index (κ3) is 6.63. The lowest BCUT2D eigenvalue weighted by molar-refractivity contribution is -0.00000749. The molecule has 0 aliphatic rings. The van der Waals surface area contributed by atoms with Crippen LogP contribution in [0.4, 0.5) is 17.1 Å². The SMILES string of the molecule is CCN(CC)c1ccc([P+](CC)(c2ccc(N(CC)CC)cc2)c2ccc(N(CC)CC)cc2)cc1.[I-]. The summed E-state index contributed by atoms with van der Waals surface area (Å²) in [5.41, 5.74) is 3.94. The summed E-state index contributed by atoms with van der Waals surface area (Å²) in [6, 6.07) is 28.4. The summed E-state index contributed by atoms with van der Waals surface area (Å²) in [5.74, 6) is 0. The van der Waals surface area contributed by atoms with Gasteiger partial charge in [-0.05, 0) is 121 Å². The standard InChI is InChI=1S/C32H47N3P.HI/c1-8-33(9-2)27-15-21-30(22-16-27)36(14-7,31-23-17-28(18-24-31)34(10-3)11-4)32-25-19-29(20-26-32)35(12-5)13-6;/h15-26H,8-14H2,1-7H3;1H/q+1;/p-1. The molecule has 0 atom stereocenters. The fraction of sp³-hybridized carbons (Fsp3) is 0.438. The fourth-order valence-electron chi connectivity index (χ4n) is 5.51. The molecular weight excluding hydrogens is 584 g/mol. The molecule has 3 aromatic rings. The van der Waals surface area contributed by atoms with Crippen LogP contribution in [0.25, 0.3) is 0 Å². The lowest BCUT2D eigenvalue weighted by Gasteiger charge is -2.29. The summed E-state index contributed by atoms with van der Waals surface area (Å²) in [5, 5.41) is 4.39. The summed E-state index contributed by atoms with van der Waals surface area (Å²) in [6.07, 6.45) is 1.10. The lowest BCUT2D eigenvalue weighted by atomic mass is 10.3. The molecule has 0 saturated heterocycles. The molecular formula is C32H47IN3P. The molecule has 5 heteroatoms. The third-order valence-corrected chi connectivity index (χ3v) is 12.2. The maximum absolute atomic E-state index is 2.42. The minimum atomic E-state index is -1.79. The van der Waals surface area contributed by atoms with E-state index in [0.29, 0.717) is 0 Å². The van der Waals surface area contributed by atoms with Gasteiger partial charge in [0.2, 0.25) is 0 Å². The van der Waals surface area contributed by atoms with Crippen molar-refractivity contribution < 1.29 is 24.0 Å². The van der Waals surface area contributed by atoms with E-state index in [9.17, 15) is 0 Å². The van der Waals surface area contributed by atoms with E-state index in [2.05, 4.69) is 136 Å². The molecule has 0 amide bonds. The monoisotopic (exact) mass is 631 g/mol. The quantitative estimate of drug-likeness (QED) is 0.211. The molecule has 0 heterocycles. The Morgan fingerprint density at radius 3 is 0.784 bits per heavy atom. The Labute approximate surface area is 244 Å². The number of anilines is 3. The van der Waals surface area contributed by atoms with E-state index in [1.54, 1.807) is 0 Å². The minimum absolute atomic E-state index is 0. The van der Waals surface area contributed by atoms with E-state index >= 15 is 0 Å². The largest absolute Gasteiger partial charge is 1.00 e. The van der Waals surface area contributed by atoms with Crippen molar-refractivity contribution in [1.82, 2.24) is 0 Å². The van der Waals surface area contributed by atoms with Crippen LogP contribution in [0.5, 0.6) is 0 Å². The molecule has 0 N–H and O–H groups in total. The van der Waals surface area contributed by atoms with Crippen LogP contribution in [-0.4, -0.2) is 45.4 Å². The van der Waals surface area contributed by atoms with E-state index in [1.807, 2.05) is 0 Å². The molecule has 0 aliphatic heterocycles. The fourth-order valence-corrected chi connectivity index (χ4v) is 9.48. The highest BCUT2D eigenvalue weighted by Crippen LogP contribution is 2.55. The summed E-state index contributed by atoms with van der Waals surface area (Å²) >= 11 is 0. The van der Waals surface area contributed by atoms with Gasteiger partial charge in [-0.25, -0.2) is 0 Å². The highest BCUT2D eigenvalue weighted by atomic mass is 127. The van der Waals surface area contributed by atoms with Crippen LogP contribution in [0.1, 0.15) is 48.5 Å². The van der Waals surface area contributed by atoms with Gasteiger partial charge in [0.15, 0.2) is 0 Å². The van der Waals surface area contributed by atoms with Crippen molar-refractivity contribution in [3.63, 3.8) is 0 Å². The first kappa shape index (κ1) is 31.4. The van der Waals surface area contributed by atoms with Crippen LogP contribution in [0, 0.1) is 0 Å². The maximum Gasteiger partial charge on any atom is 0.111 e. The Bertz CT molecular complexity index is 904. The van der Waals surface area contributed by atoms with Crippen molar-refractivity contribution >= 4 is 40.2 Å². The number of rotatable bonds is 13. The van der Waals surface area contributed by atoms with Gasteiger partial charge in [-0.3, -0.25) is 0 Å². The molecule has 3 rings (SSSR count). The molecule has 3 nitrogen and oxygen atoms in total. The van der Waals surface area contributed by atoms with Gasteiger partial charge in [-0.15, -0.1) is 0 Å². The Hall–Kier alpha value is -1.78. The summed E-state index contributed by atoms with van der Waals surface area (Å²) in [7, 11) is -1.79. The topological polar surface area (TPSA) is 9.72 Å². The molecule has 0 spiro atoms. The van der Waals surface area contributed by atoms with Crippen LogP contribution in [0.2, 0.25) is 0 Å². The molecule has 0 bridgehead atoms. The predicted molar refractivity (Wildman–Crippen MR) is 166 cm³/mol. The summed E-state index contributed by atoms with van der Waals surface area (Å²) in [4.78, 5) is 7.27. The molecule has 0 radical (unpaired) electrons. The van der Waals surface area contributed by atoms with Crippen LogP contribution in [0.3, 0.4) is 0 Å². The second-order valence-corrected chi connectivity index (χ2v) is 13.0. The number of hydrogen-bond donors (Lipinski definition) is 0. The lowest BCUT2D eigenvalue weighted by Crippen LogP contribution is -3.00. The van der Waals surface area contributed by atoms with Crippen LogP contribution >= 0.6 is 7.26 Å². The van der Waals surface area contributed by atoms with Crippen molar-refractivity contribution in [1.29, 1.82) is 0 Å². The third-order valence-electron chi connectivity index (χ3n) is 7.73. The smallest absolute Gasteiger partial charge is 0.111 e. The molecule has 37 heavy (non-hydrogen) atoms. The van der Waals surface area contributed by atoms with E-state index < -0.39 is 7.26 Å². The zero-order valence-corrected chi connectivity index (χ0v) is 27.1. The van der Waals surface area contributed by atoms with Crippen molar-refractivity contribution in [3.8, 4) is 0 Å². The number of nitrogens with zero attached hydrogens (tertiary/aromatic N) is 3. The minimum Gasteiger partial charge on any atom is -1.00 e. The highest BCUT2D eigenvalue weighted by Gasteiger charge is 2.43. The number of benzene rings is 3. The van der Waals surface area contributed by atoms with Crippen molar-refractivity contribution in [3.05, 3.63) is 72.8 Å². The first-order chi connectivity index (χ1) is 17.5. The number of halogens is 1. The van der Waals surface area contributed by atoms with Gasteiger partial charge in [-0.1, -0.05) is 0 Å². The zero-order valence-electron chi connectivity index (χ0n) is 24.0. The molecule has 0 saturated carbocycles. The second kappa shape index (κ2) is 15.0. The van der Waals surface area contributed by atoms with E-state index in [-0.39, 0.29) is 24.0 Å². The van der Waals surface area contributed by atoms with Gasteiger partial charge >= 0.3 is 0 Å². The Kier molecular flexibility index (Phi) is 12.7. The average molecular weight is 632 g/mol. The van der Waals surface area contributed by atoms with Gasteiger partial charge in [0.25, 0.3) is 0 Å². The first-order valence-corrected chi connectivity index (χ1v) is 15.9. The van der Waals surface area contributed by atoms with E-state index in [1.165, 1.54) is 33.0 Å². The highest BCUT2D eigenvalue weighted by molar-refractivity contribution is 7.95. The average Bonchev–Trinajstić information content (AvgIpc) is 2.94. The normalized spacial score (nSPS) is 11.1. The molecule has 0 fully saturated rings. The van der Waals surface area contributed by atoms with Crippen LogP contribution in [0.15, 0.2) is 72.8 Å². The van der Waals surface area contributed by atoms with Gasteiger partial charge in [0.1, 0.15) is 23.2 Å². The van der Waals surface area contributed by atoms with Gasteiger partial charge in [-0.2, -0.15) is 0 Å². The molecule has 0 aromatic heterocycles. The van der Waals surface area contributed by atoms with Crippen molar-refractivity contribution in [2.75, 3.05) is 60.1 Å². The second-order valence-electron chi connectivity index (χ2n) is 9.19. The van der Waals surface area contributed by atoms with Gasteiger partial charge < -0.3 is 38.7 Å². The Balaban J connectivity index is 0.00000481. The Morgan fingerprint density at radius 2 is 0.622 bits per heavy atom. The van der Waals surface area contributed by atoms with Crippen LogP contribution < -0.4 is 54.6 Å². The zero-order chi connectivity index (χ0) is 26.1. The molecule has 0 unspecified atom stereocenters. The first-order valence-electron chi connectivity index (χ1n) is 14.0. The summed E-state index contributed by atoms with van der Waals surface area (Å²) < 4.78 is 0.